The number of rotatable bonds is 7. The van der Waals surface area contributed by atoms with E-state index in [1.165, 1.54) is 0 Å². The van der Waals surface area contributed by atoms with Gasteiger partial charge in [0, 0.05) is 12.6 Å². The predicted molar refractivity (Wildman–Crippen MR) is 81.1 cm³/mol. The Bertz CT molecular complexity index is 569. The van der Waals surface area contributed by atoms with Crippen LogP contribution >= 0.6 is 0 Å². The zero-order chi connectivity index (χ0) is 14.8. The molecule has 0 bridgehead atoms. The molecule has 1 aromatic rings. The molecule has 5 heteroatoms. The summed E-state index contributed by atoms with van der Waals surface area (Å²) in [6, 6.07) is 5.73. The highest BCUT2D eigenvalue weighted by atomic mass is 32.2. The summed E-state index contributed by atoms with van der Waals surface area (Å²) >= 11 is 0. The molecule has 4 nitrogen and oxygen atoms in total. The third-order valence-corrected chi connectivity index (χ3v) is 5.44. The van der Waals surface area contributed by atoms with Crippen molar-refractivity contribution in [3.05, 3.63) is 29.3 Å². The van der Waals surface area contributed by atoms with Gasteiger partial charge in [-0.15, -0.1) is 0 Å². The smallest absolute Gasteiger partial charge is 0.241 e. The number of nitrogens with one attached hydrogen (secondary N) is 2. The molecule has 2 N–H and O–H groups in total. The molecular weight excluding hydrogens is 272 g/mol. The first kappa shape index (κ1) is 15.5. The zero-order valence-electron chi connectivity index (χ0n) is 12.4. The Morgan fingerprint density at radius 3 is 2.75 bits per heavy atom. The van der Waals surface area contributed by atoms with Crippen LogP contribution in [-0.2, 0) is 16.6 Å². The average molecular weight is 296 g/mol. The van der Waals surface area contributed by atoms with Crippen molar-refractivity contribution < 1.29 is 8.42 Å². The monoisotopic (exact) mass is 296 g/mol. The molecule has 20 heavy (non-hydrogen) atoms. The van der Waals surface area contributed by atoms with Crippen LogP contribution in [0.3, 0.4) is 0 Å². The Hall–Kier alpha value is -0.910. The second-order valence-electron chi connectivity index (χ2n) is 5.64. The van der Waals surface area contributed by atoms with Crippen LogP contribution in [0.4, 0.5) is 0 Å². The van der Waals surface area contributed by atoms with E-state index in [0.29, 0.717) is 17.4 Å². The molecule has 1 aliphatic carbocycles. The normalized spacial score (nSPS) is 21.9. The first-order valence-corrected chi connectivity index (χ1v) is 8.72. The van der Waals surface area contributed by atoms with Crippen molar-refractivity contribution in [1.29, 1.82) is 0 Å². The van der Waals surface area contributed by atoms with Gasteiger partial charge in [-0.05, 0) is 49.9 Å². The van der Waals surface area contributed by atoms with Crippen molar-refractivity contribution in [1.82, 2.24) is 10.0 Å². The molecule has 0 spiro atoms. The number of sulfonamides is 1. The fourth-order valence-electron chi connectivity index (χ4n) is 2.59. The van der Waals surface area contributed by atoms with Gasteiger partial charge in [0.05, 0.1) is 4.90 Å². The molecule has 1 saturated carbocycles. The highest BCUT2D eigenvalue weighted by molar-refractivity contribution is 7.89. The fourth-order valence-corrected chi connectivity index (χ4v) is 4.21. The Kier molecular flexibility index (Phi) is 4.83. The van der Waals surface area contributed by atoms with E-state index >= 15 is 0 Å². The lowest BCUT2D eigenvalue weighted by atomic mass is 10.1. The molecule has 112 valence electrons. The van der Waals surface area contributed by atoms with Crippen LogP contribution in [0.25, 0.3) is 0 Å². The zero-order valence-corrected chi connectivity index (χ0v) is 13.3. The third kappa shape index (κ3) is 3.59. The Morgan fingerprint density at radius 2 is 2.10 bits per heavy atom. The predicted octanol–water partition coefficient (Wildman–Crippen LogP) is 2.18. The van der Waals surface area contributed by atoms with E-state index in [9.17, 15) is 8.42 Å². The topological polar surface area (TPSA) is 58.2 Å². The lowest BCUT2D eigenvalue weighted by Gasteiger charge is -2.11. The van der Waals surface area contributed by atoms with E-state index in [2.05, 4.69) is 17.0 Å². The fraction of sp³-hybridized carbons (Fsp3) is 0.600. The molecule has 1 aliphatic rings. The largest absolute Gasteiger partial charge is 0.316 e. The van der Waals surface area contributed by atoms with Crippen LogP contribution in [0.2, 0.25) is 0 Å². The van der Waals surface area contributed by atoms with Gasteiger partial charge >= 0.3 is 0 Å². The van der Waals surface area contributed by atoms with Crippen LogP contribution in [0.15, 0.2) is 23.1 Å². The van der Waals surface area contributed by atoms with E-state index in [1.54, 1.807) is 6.07 Å². The number of aryl methyl sites for hydroxylation is 1. The molecule has 0 heterocycles. The summed E-state index contributed by atoms with van der Waals surface area (Å²) < 4.78 is 27.8. The molecule has 2 rings (SSSR count). The standard InChI is InChI=1S/C15H24N2O2S/c1-4-5-13-9-14(13)17-20(18,19)15-8-12(10-16-3)7-6-11(15)2/h6-8,13-14,16-17H,4-5,9-10H2,1-3H3. The van der Waals surface area contributed by atoms with Gasteiger partial charge in [0.15, 0.2) is 0 Å². The summed E-state index contributed by atoms with van der Waals surface area (Å²) in [5, 5.41) is 3.04. The van der Waals surface area contributed by atoms with E-state index < -0.39 is 10.0 Å². The number of hydrogen-bond donors (Lipinski definition) is 2. The molecular formula is C15H24N2O2S. The highest BCUT2D eigenvalue weighted by Crippen LogP contribution is 2.36. The van der Waals surface area contributed by atoms with Crippen molar-refractivity contribution in [2.45, 2.75) is 50.6 Å². The summed E-state index contributed by atoms with van der Waals surface area (Å²) in [4.78, 5) is 0.410. The first-order chi connectivity index (χ1) is 9.47. The molecule has 0 aromatic heterocycles. The van der Waals surface area contributed by atoms with Crippen molar-refractivity contribution in [2.24, 2.45) is 5.92 Å². The maximum Gasteiger partial charge on any atom is 0.241 e. The minimum absolute atomic E-state index is 0.132. The van der Waals surface area contributed by atoms with Gasteiger partial charge < -0.3 is 5.32 Å². The molecule has 1 fully saturated rings. The van der Waals surface area contributed by atoms with Crippen molar-refractivity contribution >= 4 is 10.0 Å². The second-order valence-corrected chi connectivity index (χ2v) is 7.32. The van der Waals surface area contributed by atoms with Gasteiger partial charge in [-0.3, -0.25) is 0 Å². The van der Waals surface area contributed by atoms with Gasteiger partial charge in [0.1, 0.15) is 0 Å². The SMILES string of the molecule is CCCC1CC1NS(=O)(=O)c1cc(CNC)ccc1C. The molecule has 2 unspecified atom stereocenters. The van der Waals surface area contributed by atoms with Gasteiger partial charge in [0.2, 0.25) is 10.0 Å². The Morgan fingerprint density at radius 1 is 1.35 bits per heavy atom. The average Bonchev–Trinajstić information content (AvgIpc) is 3.09. The van der Waals surface area contributed by atoms with Crippen LogP contribution in [-0.4, -0.2) is 21.5 Å². The van der Waals surface area contributed by atoms with Gasteiger partial charge in [-0.25, -0.2) is 13.1 Å². The summed E-state index contributed by atoms with van der Waals surface area (Å²) in [6.07, 6.45) is 3.19. The van der Waals surface area contributed by atoms with Crippen LogP contribution in [0, 0.1) is 12.8 Å². The van der Waals surface area contributed by atoms with Crippen molar-refractivity contribution in [3.63, 3.8) is 0 Å². The van der Waals surface area contributed by atoms with Crippen LogP contribution in [0.1, 0.15) is 37.3 Å². The van der Waals surface area contributed by atoms with E-state index in [4.69, 9.17) is 0 Å². The Balaban J connectivity index is 2.15. The molecule has 0 amide bonds. The number of benzene rings is 1. The minimum Gasteiger partial charge on any atom is -0.316 e. The molecule has 0 radical (unpaired) electrons. The van der Waals surface area contributed by atoms with Gasteiger partial charge in [-0.2, -0.15) is 0 Å². The van der Waals surface area contributed by atoms with Crippen molar-refractivity contribution in [3.8, 4) is 0 Å². The summed E-state index contributed by atoms with van der Waals surface area (Å²) in [5.74, 6) is 0.524. The van der Waals surface area contributed by atoms with Crippen molar-refractivity contribution in [2.75, 3.05) is 7.05 Å². The first-order valence-electron chi connectivity index (χ1n) is 7.24. The lowest BCUT2D eigenvalue weighted by Crippen LogP contribution is -2.28. The van der Waals surface area contributed by atoms with E-state index in [1.807, 2.05) is 26.1 Å². The molecule has 0 aliphatic heterocycles. The quantitative estimate of drug-likeness (QED) is 0.811. The summed E-state index contributed by atoms with van der Waals surface area (Å²) in [5.41, 5.74) is 1.78. The minimum atomic E-state index is -3.40. The van der Waals surface area contributed by atoms with Crippen LogP contribution in [0.5, 0.6) is 0 Å². The molecule has 2 atom stereocenters. The molecule has 0 saturated heterocycles. The summed E-state index contributed by atoms with van der Waals surface area (Å²) in [7, 11) is -1.54. The maximum atomic E-state index is 12.5. The highest BCUT2D eigenvalue weighted by Gasteiger charge is 2.39. The summed E-state index contributed by atoms with van der Waals surface area (Å²) in [6.45, 7) is 4.65. The van der Waals surface area contributed by atoms with Gasteiger partial charge in [0.25, 0.3) is 0 Å². The number of hydrogen-bond acceptors (Lipinski definition) is 3. The Labute approximate surface area is 122 Å². The van der Waals surface area contributed by atoms with E-state index in [-0.39, 0.29) is 6.04 Å². The van der Waals surface area contributed by atoms with Crippen LogP contribution < -0.4 is 10.0 Å². The van der Waals surface area contributed by atoms with Gasteiger partial charge in [-0.1, -0.05) is 25.5 Å². The maximum absolute atomic E-state index is 12.5. The third-order valence-electron chi connectivity index (χ3n) is 3.81. The second kappa shape index (κ2) is 6.24. The van der Waals surface area contributed by atoms with E-state index in [0.717, 1.165) is 30.4 Å². The molecule has 1 aromatic carbocycles. The lowest BCUT2D eigenvalue weighted by molar-refractivity contribution is 0.572.